The summed E-state index contributed by atoms with van der Waals surface area (Å²) in [6.45, 7) is 5.88. The molecule has 21 heavy (non-hydrogen) atoms. The molecule has 0 bridgehead atoms. The third-order valence-electron chi connectivity index (χ3n) is 4.55. The number of carboxylic acid groups (broad SMARTS) is 1. The number of fused-ring (bicyclic) bond motifs is 3. The van der Waals surface area contributed by atoms with Crippen LogP contribution in [-0.4, -0.2) is 16.9 Å². The SMILES string of the molecule is CCCC1Cc2c(c(C)c(C)c3oc(C(=O)O)cc23)C1=O. The summed E-state index contributed by atoms with van der Waals surface area (Å²) in [7, 11) is 0. The zero-order valence-corrected chi connectivity index (χ0v) is 12.4. The number of rotatable bonds is 3. The highest BCUT2D eigenvalue weighted by Gasteiger charge is 2.34. The highest BCUT2D eigenvalue weighted by molar-refractivity contribution is 6.09. The molecule has 1 unspecified atom stereocenters. The summed E-state index contributed by atoms with van der Waals surface area (Å²) in [4.78, 5) is 23.7. The van der Waals surface area contributed by atoms with Crippen molar-refractivity contribution in [3.63, 3.8) is 0 Å². The van der Waals surface area contributed by atoms with Crippen molar-refractivity contribution >= 4 is 22.7 Å². The van der Waals surface area contributed by atoms with Crippen LogP contribution in [0.5, 0.6) is 0 Å². The number of furan rings is 1. The van der Waals surface area contributed by atoms with Crippen LogP contribution >= 0.6 is 0 Å². The van der Waals surface area contributed by atoms with Crippen LogP contribution in [0.3, 0.4) is 0 Å². The van der Waals surface area contributed by atoms with E-state index in [2.05, 4.69) is 6.92 Å². The summed E-state index contributed by atoms with van der Waals surface area (Å²) in [5.74, 6) is -0.914. The lowest BCUT2D eigenvalue weighted by Gasteiger charge is -2.08. The Labute approximate surface area is 122 Å². The number of carboxylic acids is 1. The minimum atomic E-state index is -1.08. The van der Waals surface area contributed by atoms with E-state index < -0.39 is 5.97 Å². The number of hydrogen-bond donors (Lipinski definition) is 1. The summed E-state index contributed by atoms with van der Waals surface area (Å²) in [5.41, 5.74) is 4.15. The Bertz CT molecular complexity index is 767. The molecule has 0 radical (unpaired) electrons. The number of carbonyl (C=O) groups excluding carboxylic acids is 1. The van der Waals surface area contributed by atoms with Gasteiger partial charge in [0, 0.05) is 16.9 Å². The lowest BCUT2D eigenvalue weighted by molar-refractivity contribution is 0.0664. The van der Waals surface area contributed by atoms with Crippen LogP contribution < -0.4 is 0 Å². The van der Waals surface area contributed by atoms with Gasteiger partial charge in [-0.25, -0.2) is 4.79 Å². The molecule has 1 heterocycles. The predicted molar refractivity (Wildman–Crippen MR) is 79.1 cm³/mol. The second-order valence-corrected chi connectivity index (χ2v) is 5.82. The van der Waals surface area contributed by atoms with Crippen LogP contribution in [0, 0.1) is 19.8 Å². The summed E-state index contributed by atoms with van der Waals surface area (Å²) >= 11 is 0. The zero-order valence-electron chi connectivity index (χ0n) is 12.4. The van der Waals surface area contributed by atoms with Crippen LogP contribution in [0.1, 0.15) is 57.4 Å². The van der Waals surface area contributed by atoms with Gasteiger partial charge in [-0.2, -0.15) is 0 Å². The van der Waals surface area contributed by atoms with E-state index in [1.165, 1.54) is 0 Å². The van der Waals surface area contributed by atoms with E-state index in [0.717, 1.165) is 40.5 Å². The Morgan fingerprint density at radius 2 is 2.10 bits per heavy atom. The number of aryl methyl sites for hydroxylation is 1. The molecular weight excluding hydrogens is 268 g/mol. The van der Waals surface area contributed by atoms with Crippen molar-refractivity contribution < 1.29 is 19.1 Å². The van der Waals surface area contributed by atoms with Crippen molar-refractivity contribution in [1.82, 2.24) is 0 Å². The van der Waals surface area contributed by atoms with E-state index in [-0.39, 0.29) is 17.5 Å². The zero-order chi connectivity index (χ0) is 15.3. The monoisotopic (exact) mass is 286 g/mol. The van der Waals surface area contributed by atoms with Crippen LogP contribution in [0.25, 0.3) is 11.0 Å². The lowest BCUT2D eigenvalue weighted by Crippen LogP contribution is -2.09. The van der Waals surface area contributed by atoms with E-state index in [4.69, 9.17) is 9.52 Å². The number of carbonyl (C=O) groups is 2. The van der Waals surface area contributed by atoms with Gasteiger partial charge in [0.2, 0.25) is 5.76 Å². The molecule has 1 aliphatic carbocycles. The van der Waals surface area contributed by atoms with Crippen molar-refractivity contribution in [2.75, 3.05) is 0 Å². The van der Waals surface area contributed by atoms with Gasteiger partial charge in [-0.15, -0.1) is 0 Å². The van der Waals surface area contributed by atoms with Gasteiger partial charge in [0.15, 0.2) is 5.78 Å². The molecule has 4 nitrogen and oxygen atoms in total. The molecule has 1 aromatic heterocycles. The Morgan fingerprint density at radius 1 is 1.38 bits per heavy atom. The molecule has 110 valence electrons. The van der Waals surface area contributed by atoms with E-state index in [9.17, 15) is 9.59 Å². The molecule has 3 rings (SSSR count). The number of benzene rings is 1. The van der Waals surface area contributed by atoms with Gasteiger partial charge in [-0.1, -0.05) is 13.3 Å². The molecule has 0 fully saturated rings. The average molecular weight is 286 g/mol. The van der Waals surface area contributed by atoms with E-state index in [1.807, 2.05) is 13.8 Å². The summed E-state index contributed by atoms with van der Waals surface area (Å²) < 4.78 is 5.49. The quantitative estimate of drug-likeness (QED) is 0.929. The first-order chi connectivity index (χ1) is 9.95. The van der Waals surface area contributed by atoms with Crippen molar-refractivity contribution in [1.29, 1.82) is 0 Å². The van der Waals surface area contributed by atoms with Gasteiger partial charge in [0.25, 0.3) is 0 Å². The molecule has 4 heteroatoms. The first kappa shape index (κ1) is 13.9. The molecule has 0 saturated heterocycles. The molecule has 0 saturated carbocycles. The second kappa shape index (κ2) is 4.72. The molecule has 1 N–H and O–H groups in total. The minimum Gasteiger partial charge on any atom is -0.475 e. The standard InChI is InChI=1S/C17H18O4/c1-4-5-10-6-11-12-7-13(17(19)20)21-16(12)9(3)8(2)14(11)15(10)18/h7,10H,4-6H2,1-3H3,(H,19,20). The number of aromatic carboxylic acids is 1. The highest BCUT2D eigenvalue weighted by atomic mass is 16.4. The summed E-state index contributed by atoms with van der Waals surface area (Å²) in [5, 5.41) is 9.91. The topological polar surface area (TPSA) is 67.5 Å². The largest absolute Gasteiger partial charge is 0.475 e. The number of ketones is 1. The van der Waals surface area contributed by atoms with E-state index in [1.54, 1.807) is 6.07 Å². The first-order valence-corrected chi connectivity index (χ1v) is 7.28. The second-order valence-electron chi connectivity index (χ2n) is 5.82. The van der Waals surface area contributed by atoms with E-state index >= 15 is 0 Å². The smallest absolute Gasteiger partial charge is 0.371 e. The molecule has 1 aliphatic rings. The first-order valence-electron chi connectivity index (χ1n) is 7.28. The van der Waals surface area contributed by atoms with Gasteiger partial charge in [-0.3, -0.25) is 4.79 Å². The van der Waals surface area contributed by atoms with Crippen LogP contribution in [-0.2, 0) is 6.42 Å². The molecule has 0 aliphatic heterocycles. The molecule has 0 spiro atoms. The summed E-state index contributed by atoms with van der Waals surface area (Å²) in [6.07, 6.45) is 2.53. The van der Waals surface area contributed by atoms with Gasteiger partial charge in [0.1, 0.15) is 5.58 Å². The van der Waals surface area contributed by atoms with Gasteiger partial charge < -0.3 is 9.52 Å². The number of Topliss-reactive ketones (excluding diaryl/α,β-unsaturated/α-hetero) is 1. The van der Waals surface area contributed by atoms with Crippen molar-refractivity contribution in [2.24, 2.45) is 5.92 Å². The Balaban J connectivity index is 2.28. The van der Waals surface area contributed by atoms with Crippen molar-refractivity contribution in [3.05, 3.63) is 34.1 Å². The number of hydrogen-bond acceptors (Lipinski definition) is 3. The van der Waals surface area contributed by atoms with Gasteiger partial charge >= 0.3 is 5.97 Å². The highest BCUT2D eigenvalue weighted by Crippen LogP contribution is 2.40. The fourth-order valence-corrected chi connectivity index (χ4v) is 3.39. The Morgan fingerprint density at radius 3 is 2.71 bits per heavy atom. The average Bonchev–Trinajstić information content (AvgIpc) is 3.00. The predicted octanol–water partition coefficient (Wildman–Crippen LogP) is 3.90. The van der Waals surface area contributed by atoms with Crippen LogP contribution in [0.4, 0.5) is 0 Å². The van der Waals surface area contributed by atoms with Crippen LogP contribution in [0.2, 0.25) is 0 Å². The Hall–Kier alpha value is -2.10. The summed E-state index contributed by atoms with van der Waals surface area (Å²) in [6, 6.07) is 1.56. The van der Waals surface area contributed by atoms with E-state index in [0.29, 0.717) is 12.0 Å². The third kappa shape index (κ3) is 1.89. The fraction of sp³-hybridized carbons (Fsp3) is 0.412. The molecule has 1 aromatic carbocycles. The maximum atomic E-state index is 12.6. The third-order valence-corrected chi connectivity index (χ3v) is 4.55. The molecular formula is C17H18O4. The van der Waals surface area contributed by atoms with Crippen molar-refractivity contribution in [3.8, 4) is 0 Å². The maximum Gasteiger partial charge on any atom is 0.371 e. The van der Waals surface area contributed by atoms with Crippen LogP contribution in [0.15, 0.2) is 10.5 Å². The maximum absolute atomic E-state index is 12.6. The van der Waals surface area contributed by atoms with Gasteiger partial charge in [0.05, 0.1) is 0 Å². The normalized spacial score (nSPS) is 17.5. The minimum absolute atomic E-state index is 0.0249. The Kier molecular flexibility index (Phi) is 3.12. The molecule has 0 amide bonds. The van der Waals surface area contributed by atoms with Crippen molar-refractivity contribution in [2.45, 2.75) is 40.0 Å². The molecule has 2 aromatic rings. The molecule has 1 atom stereocenters. The lowest BCUT2D eigenvalue weighted by atomic mass is 9.95. The fourth-order valence-electron chi connectivity index (χ4n) is 3.39. The van der Waals surface area contributed by atoms with Gasteiger partial charge in [-0.05, 0) is 49.4 Å².